The molecule has 1 aromatic carbocycles. The van der Waals surface area contributed by atoms with Crippen LogP contribution < -0.4 is 10.6 Å². The molecule has 1 fully saturated rings. The maximum Gasteiger partial charge on any atom is 0.409 e. The van der Waals surface area contributed by atoms with Crippen LogP contribution >= 0.6 is 24.0 Å². The van der Waals surface area contributed by atoms with Crippen LogP contribution in [0.3, 0.4) is 0 Å². The monoisotopic (exact) mass is 475 g/mol. The van der Waals surface area contributed by atoms with Crippen molar-refractivity contribution in [3.8, 4) is 0 Å². The summed E-state index contributed by atoms with van der Waals surface area (Å²) in [6.45, 7) is 4.70. The molecule has 0 saturated carbocycles. The predicted molar refractivity (Wildman–Crippen MR) is 112 cm³/mol. The third-order valence-electron chi connectivity index (χ3n) is 3.78. The molecule has 9 heteroatoms. The number of nitrogens with zero attached hydrogens (tertiary/aromatic N) is 3. The van der Waals surface area contributed by atoms with Crippen LogP contribution in [0.5, 0.6) is 0 Å². The van der Waals surface area contributed by atoms with E-state index < -0.39 is 0 Å². The lowest BCUT2D eigenvalue weighted by atomic mass is 10.3. The van der Waals surface area contributed by atoms with Crippen LogP contribution in [0.4, 0.5) is 10.5 Å². The molecule has 1 aliphatic heterocycles. The summed E-state index contributed by atoms with van der Waals surface area (Å²) in [7, 11) is 1.68. The lowest BCUT2D eigenvalue weighted by Gasteiger charge is -2.35. The van der Waals surface area contributed by atoms with Gasteiger partial charge >= 0.3 is 6.09 Å². The predicted octanol–water partition coefficient (Wildman–Crippen LogP) is 1.59. The fraction of sp³-hybridized carbons (Fsp3) is 0.471. The number of hydrogen-bond acceptors (Lipinski definition) is 4. The second kappa shape index (κ2) is 11.6. The van der Waals surface area contributed by atoms with Crippen molar-refractivity contribution in [3.05, 3.63) is 30.3 Å². The largest absolute Gasteiger partial charge is 0.450 e. The van der Waals surface area contributed by atoms with Crippen molar-refractivity contribution >= 4 is 47.6 Å². The van der Waals surface area contributed by atoms with E-state index in [0.29, 0.717) is 38.7 Å². The van der Waals surface area contributed by atoms with E-state index in [0.717, 1.165) is 5.69 Å². The number of nitrogens with one attached hydrogen (secondary N) is 2. The molecule has 0 aromatic heterocycles. The van der Waals surface area contributed by atoms with Gasteiger partial charge in [0.2, 0.25) is 5.91 Å². The van der Waals surface area contributed by atoms with Crippen molar-refractivity contribution in [1.82, 2.24) is 15.1 Å². The third kappa shape index (κ3) is 6.70. The van der Waals surface area contributed by atoms with E-state index >= 15 is 0 Å². The molecular weight excluding hydrogens is 449 g/mol. The Morgan fingerprint density at radius 2 is 1.73 bits per heavy atom. The van der Waals surface area contributed by atoms with Gasteiger partial charge in [-0.3, -0.25) is 9.79 Å². The van der Waals surface area contributed by atoms with Gasteiger partial charge in [0.25, 0.3) is 0 Å². The van der Waals surface area contributed by atoms with Gasteiger partial charge < -0.3 is 25.2 Å². The van der Waals surface area contributed by atoms with Gasteiger partial charge in [-0.05, 0) is 19.1 Å². The van der Waals surface area contributed by atoms with Gasteiger partial charge in [0, 0.05) is 38.9 Å². The molecular formula is C17H26IN5O3. The van der Waals surface area contributed by atoms with Crippen LogP contribution in [0.2, 0.25) is 0 Å². The van der Waals surface area contributed by atoms with E-state index in [9.17, 15) is 9.59 Å². The standard InChI is InChI=1S/C17H25N5O3.HI/c1-3-25-17(24)22-11-9-21(10-12-22)16(18-2)19-13-15(23)20-14-7-5-4-6-8-14;/h4-8H,3,9-13H2,1-2H3,(H,18,19)(H,20,23);1H. The van der Waals surface area contributed by atoms with Crippen molar-refractivity contribution in [2.24, 2.45) is 4.99 Å². The molecule has 2 rings (SSSR count). The average Bonchev–Trinajstić information content (AvgIpc) is 2.64. The topological polar surface area (TPSA) is 86.3 Å². The molecule has 144 valence electrons. The van der Waals surface area contributed by atoms with E-state index in [1.54, 1.807) is 18.9 Å². The Kier molecular flexibility index (Phi) is 9.78. The van der Waals surface area contributed by atoms with Crippen LogP contribution in [0.1, 0.15) is 6.92 Å². The molecule has 1 aromatic rings. The number of ether oxygens (including phenoxy) is 1. The molecule has 2 N–H and O–H groups in total. The Morgan fingerprint density at radius 1 is 1.12 bits per heavy atom. The summed E-state index contributed by atoms with van der Waals surface area (Å²) in [6, 6.07) is 9.30. The van der Waals surface area contributed by atoms with Gasteiger partial charge in [-0.25, -0.2) is 4.79 Å². The maximum atomic E-state index is 12.0. The summed E-state index contributed by atoms with van der Waals surface area (Å²) in [6.07, 6.45) is -0.285. The zero-order valence-electron chi connectivity index (χ0n) is 15.1. The van der Waals surface area contributed by atoms with Crippen LogP contribution in [-0.2, 0) is 9.53 Å². The van der Waals surface area contributed by atoms with Crippen molar-refractivity contribution in [2.75, 3.05) is 51.7 Å². The molecule has 2 amide bonds. The number of para-hydroxylation sites is 1. The van der Waals surface area contributed by atoms with Crippen LogP contribution in [-0.4, -0.2) is 74.1 Å². The highest BCUT2D eigenvalue weighted by molar-refractivity contribution is 14.0. The Hall–Kier alpha value is -2.04. The van der Waals surface area contributed by atoms with Gasteiger partial charge in [0.1, 0.15) is 0 Å². The summed E-state index contributed by atoms with van der Waals surface area (Å²) in [5.41, 5.74) is 0.757. The molecule has 0 aliphatic carbocycles. The molecule has 1 aliphatic rings. The van der Waals surface area contributed by atoms with Crippen molar-refractivity contribution < 1.29 is 14.3 Å². The number of rotatable bonds is 4. The van der Waals surface area contributed by atoms with Gasteiger partial charge in [-0.2, -0.15) is 0 Å². The molecule has 8 nitrogen and oxygen atoms in total. The Morgan fingerprint density at radius 3 is 2.31 bits per heavy atom. The summed E-state index contributed by atoms with van der Waals surface area (Å²) >= 11 is 0. The molecule has 26 heavy (non-hydrogen) atoms. The first-order valence-electron chi connectivity index (χ1n) is 8.36. The van der Waals surface area contributed by atoms with E-state index in [1.165, 1.54) is 0 Å². The number of hydrogen-bond donors (Lipinski definition) is 2. The highest BCUT2D eigenvalue weighted by Crippen LogP contribution is 2.05. The average molecular weight is 475 g/mol. The van der Waals surface area contributed by atoms with Gasteiger partial charge in [0.15, 0.2) is 5.96 Å². The first-order chi connectivity index (χ1) is 12.1. The van der Waals surface area contributed by atoms with Crippen LogP contribution in [0, 0.1) is 0 Å². The van der Waals surface area contributed by atoms with Crippen LogP contribution in [0.15, 0.2) is 35.3 Å². The number of aliphatic imine (C=N–C) groups is 1. The Balaban J connectivity index is 0.00000338. The normalized spacial score (nSPS) is 14.3. The molecule has 0 spiro atoms. The minimum atomic E-state index is -0.285. The fourth-order valence-electron chi connectivity index (χ4n) is 2.53. The molecule has 0 atom stereocenters. The van der Waals surface area contributed by atoms with Gasteiger partial charge in [0.05, 0.1) is 13.2 Å². The zero-order chi connectivity index (χ0) is 18.1. The van der Waals surface area contributed by atoms with Crippen molar-refractivity contribution in [2.45, 2.75) is 6.92 Å². The summed E-state index contributed by atoms with van der Waals surface area (Å²) in [5, 5.41) is 5.87. The lowest BCUT2D eigenvalue weighted by molar-refractivity contribution is -0.115. The number of carbonyl (C=O) groups excluding carboxylic acids is 2. The molecule has 0 bridgehead atoms. The SMILES string of the molecule is CCOC(=O)N1CCN(C(=NC)NCC(=O)Nc2ccccc2)CC1.I. The number of piperazine rings is 1. The number of anilines is 1. The summed E-state index contributed by atoms with van der Waals surface area (Å²) < 4.78 is 5.01. The second-order valence-corrected chi connectivity index (χ2v) is 5.49. The van der Waals surface area contributed by atoms with Gasteiger partial charge in [-0.1, -0.05) is 18.2 Å². The van der Waals surface area contributed by atoms with E-state index in [4.69, 9.17) is 4.74 Å². The first kappa shape index (κ1) is 22.0. The lowest BCUT2D eigenvalue weighted by Crippen LogP contribution is -2.54. The van der Waals surface area contributed by atoms with Crippen molar-refractivity contribution in [1.29, 1.82) is 0 Å². The fourth-order valence-corrected chi connectivity index (χ4v) is 2.53. The number of guanidine groups is 1. The van der Waals surface area contributed by atoms with E-state index in [1.807, 2.05) is 35.2 Å². The summed E-state index contributed by atoms with van der Waals surface area (Å²) in [4.78, 5) is 31.6. The smallest absolute Gasteiger partial charge is 0.409 e. The van der Waals surface area contributed by atoms with Crippen molar-refractivity contribution in [3.63, 3.8) is 0 Å². The molecule has 1 saturated heterocycles. The van der Waals surface area contributed by atoms with E-state index in [-0.39, 0.29) is 42.5 Å². The Bertz CT molecular complexity index is 604. The molecule has 0 radical (unpaired) electrons. The number of benzene rings is 1. The highest BCUT2D eigenvalue weighted by atomic mass is 127. The minimum Gasteiger partial charge on any atom is -0.450 e. The molecule has 0 unspecified atom stereocenters. The number of amides is 2. The number of halogens is 1. The van der Waals surface area contributed by atoms with Gasteiger partial charge in [-0.15, -0.1) is 24.0 Å². The second-order valence-electron chi connectivity index (χ2n) is 5.49. The zero-order valence-corrected chi connectivity index (χ0v) is 17.4. The first-order valence-corrected chi connectivity index (χ1v) is 8.36. The van der Waals surface area contributed by atoms with E-state index in [2.05, 4.69) is 15.6 Å². The van der Waals surface area contributed by atoms with Crippen LogP contribution in [0.25, 0.3) is 0 Å². The maximum absolute atomic E-state index is 12.0. The molecule has 1 heterocycles. The summed E-state index contributed by atoms with van der Waals surface area (Å²) in [5.74, 6) is 0.504. The Labute approximate surface area is 171 Å². The quantitative estimate of drug-likeness (QED) is 0.393. The highest BCUT2D eigenvalue weighted by Gasteiger charge is 2.23. The third-order valence-corrected chi connectivity index (χ3v) is 3.78. The minimum absolute atomic E-state index is 0. The number of carbonyl (C=O) groups is 2.